The zero-order valence-electron chi connectivity index (χ0n) is 14.5. The van der Waals surface area contributed by atoms with Gasteiger partial charge in [0.1, 0.15) is 5.75 Å². The normalized spacial score (nSPS) is 27.8. The van der Waals surface area contributed by atoms with E-state index >= 15 is 0 Å². The molecular weight excluding hydrogens is 306 g/mol. The molecule has 1 amide bonds. The van der Waals surface area contributed by atoms with Crippen LogP contribution >= 0.6 is 0 Å². The van der Waals surface area contributed by atoms with Crippen molar-refractivity contribution in [2.24, 2.45) is 10.8 Å². The van der Waals surface area contributed by atoms with Gasteiger partial charge in [-0.3, -0.25) is 4.79 Å². The lowest BCUT2D eigenvalue weighted by Gasteiger charge is -2.39. The van der Waals surface area contributed by atoms with Gasteiger partial charge in [-0.15, -0.1) is 0 Å². The number of rotatable bonds is 3. The molecule has 1 saturated heterocycles. The van der Waals surface area contributed by atoms with E-state index in [0.29, 0.717) is 5.56 Å². The Balaban J connectivity index is 1.60. The topological polar surface area (TPSA) is 66.8 Å². The van der Waals surface area contributed by atoms with E-state index in [1.165, 1.54) is 24.3 Å². The first kappa shape index (κ1) is 16.8. The van der Waals surface area contributed by atoms with E-state index in [9.17, 15) is 14.7 Å². The fraction of sp³-hybridized carbons (Fsp3) is 0.579. The van der Waals surface area contributed by atoms with Crippen LogP contribution in [-0.4, -0.2) is 41.1 Å². The van der Waals surface area contributed by atoms with Crippen molar-refractivity contribution in [3.8, 4) is 5.75 Å². The first-order chi connectivity index (χ1) is 11.2. The van der Waals surface area contributed by atoms with Crippen molar-refractivity contribution < 1.29 is 19.4 Å². The standard InChI is InChI=1S/C19H25NO4/c1-18(2)8-14-9-19(3,11-18)12-20(14)16(22)10-24-17(23)13-4-6-15(21)7-5-13/h4-7,14,21H,8-12H2,1-3H3/t14-,19+/m1/s1. The molecule has 1 aromatic rings. The van der Waals surface area contributed by atoms with Crippen molar-refractivity contribution in [3.63, 3.8) is 0 Å². The Kier molecular flexibility index (Phi) is 4.06. The quantitative estimate of drug-likeness (QED) is 0.865. The molecule has 3 rings (SSSR count). The first-order valence-electron chi connectivity index (χ1n) is 8.43. The number of nitrogens with zero attached hydrogens (tertiary/aromatic N) is 1. The highest BCUT2D eigenvalue weighted by Crippen LogP contribution is 2.52. The summed E-state index contributed by atoms with van der Waals surface area (Å²) in [6.45, 7) is 7.28. The lowest BCUT2D eigenvalue weighted by Crippen LogP contribution is -2.39. The highest BCUT2D eigenvalue weighted by molar-refractivity contribution is 5.91. The number of carbonyl (C=O) groups is 2. The average Bonchev–Trinajstić information content (AvgIpc) is 2.74. The van der Waals surface area contributed by atoms with Crippen LogP contribution in [0.4, 0.5) is 0 Å². The zero-order valence-corrected chi connectivity index (χ0v) is 14.5. The van der Waals surface area contributed by atoms with Crippen LogP contribution < -0.4 is 0 Å². The number of hydrogen-bond donors (Lipinski definition) is 1. The van der Waals surface area contributed by atoms with Crippen LogP contribution in [0.2, 0.25) is 0 Å². The van der Waals surface area contributed by atoms with Crippen molar-refractivity contribution >= 4 is 11.9 Å². The second kappa shape index (κ2) is 5.80. The van der Waals surface area contributed by atoms with Crippen molar-refractivity contribution in [3.05, 3.63) is 29.8 Å². The minimum absolute atomic E-state index is 0.0860. The maximum atomic E-state index is 12.5. The Morgan fingerprint density at radius 2 is 1.88 bits per heavy atom. The van der Waals surface area contributed by atoms with Crippen molar-refractivity contribution in [1.29, 1.82) is 0 Å². The number of fused-ring (bicyclic) bond motifs is 2. The number of amides is 1. The predicted octanol–water partition coefficient (Wildman–Crippen LogP) is 2.98. The Morgan fingerprint density at radius 1 is 1.21 bits per heavy atom. The predicted molar refractivity (Wildman–Crippen MR) is 89.6 cm³/mol. The van der Waals surface area contributed by atoms with Gasteiger partial charge in [-0.1, -0.05) is 20.8 Å². The minimum atomic E-state index is -0.544. The summed E-state index contributed by atoms with van der Waals surface area (Å²) in [5, 5.41) is 9.24. The summed E-state index contributed by atoms with van der Waals surface area (Å²) < 4.78 is 5.16. The highest BCUT2D eigenvalue weighted by Gasteiger charge is 2.50. The van der Waals surface area contributed by atoms with Gasteiger partial charge in [0.2, 0.25) is 0 Å². The van der Waals surface area contributed by atoms with Gasteiger partial charge in [-0.05, 0) is 54.4 Å². The maximum Gasteiger partial charge on any atom is 0.338 e. The summed E-state index contributed by atoms with van der Waals surface area (Å²) in [6, 6.07) is 6.05. The number of likely N-dealkylation sites (tertiary alicyclic amines) is 1. The second-order valence-electron chi connectivity index (χ2n) is 8.36. The summed E-state index contributed by atoms with van der Waals surface area (Å²) in [6.07, 6.45) is 3.15. The molecule has 1 aliphatic carbocycles. The third-order valence-corrected chi connectivity index (χ3v) is 5.16. The molecule has 130 valence electrons. The molecule has 0 radical (unpaired) electrons. The maximum absolute atomic E-state index is 12.5. The molecule has 0 unspecified atom stereocenters. The van der Waals surface area contributed by atoms with Crippen LogP contribution in [0.15, 0.2) is 24.3 Å². The van der Waals surface area contributed by atoms with Gasteiger partial charge < -0.3 is 14.7 Å². The largest absolute Gasteiger partial charge is 0.508 e. The third kappa shape index (κ3) is 3.40. The van der Waals surface area contributed by atoms with Gasteiger partial charge in [0, 0.05) is 12.6 Å². The van der Waals surface area contributed by atoms with E-state index in [1.807, 2.05) is 4.90 Å². The Morgan fingerprint density at radius 3 is 2.54 bits per heavy atom. The number of aromatic hydroxyl groups is 1. The summed E-state index contributed by atoms with van der Waals surface area (Å²) >= 11 is 0. The fourth-order valence-electron chi connectivity index (χ4n) is 4.64. The zero-order chi connectivity index (χ0) is 17.5. The van der Waals surface area contributed by atoms with E-state index < -0.39 is 5.97 Å². The van der Waals surface area contributed by atoms with Gasteiger partial charge in [0.05, 0.1) is 5.56 Å². The molecule has 5 nitrogen and oxygen atoms in total. The van der Waals surface area contributed by atoms with Gasteiger partial charge in [-0.2, -0.15) is 0 Å². The van der Waals surface area contributed by atoms with Gasteiger partial charge in [-0.25, -0.2) is 4.79 Å². The molecule has 24 heavy (non-hydrogen) atoms. The Labute approximate surface area is 142 Å². The molecule has 1 heterocycles. The van der Waals surface area contributed by atoms with Gasteiger partial charge in [0.15, 0.2) is 6.61 Å². The van der Waals surface area contributed by atoms with Crippen molar-refractivity contribution in [2.75, 3.05) is 13.2 Å². The number of phenolic OH excluding ortho intramolecular Hbond substituents is 1. The average molecular weight is 331 g/mol. The van der Waals surface area contributed by atoms with Crippen molar-refractivity contribution in [2.45, 2.75) is 46.1 Å². The summed E-state index contributed by atoms with van der Waals surface area (Å²) in [7, 11) is 0. The van der Waals surface area contributed by atoms with Crippen LogP contribution in [0.25, 0.3) is 0 Å². The monoisotopic (exact) mass is 331 g/mol. The van der Waals surface area contributed by atoms with Gasteiger partial charge in [0.25, 0.3) is 5.91 Å². The molecule has 2 bridgehead atoms. The molecule has 1 N–H and O–H groups in total. The molecule has 0 aromatic heterocycles. The van der Waals surface area contributed by atoms with E-state index in [1.54, 1.807) is 0 Å². The number of benzene rings is 1. The number of carbonyl (C=O) groups excluding carboxylic acids is 2. The van der Waals surface area contributed by atoms with Crippen LogP contribution in [-0.2, 0) is 9.53 Å². The molecule has 5 heteroatoms. The summed E-state index contributed by atoms with van der Waals surface area (Å²) in [5.74, 6) is -0.576. The number of hydrogen-bond acceptors (Lipinski definition) is 4. The molecule has 2 aliphatic rings. The highest BCUT2D eigenvalue weighted by atomic mass is 16.5. The van der Waals surface area contributed by atoms with E-state index in [2.05, 4.69) is 20.8 Å². The van der Waals surface area contributed by atoms with Crippen LogP contribution in [0, 0.1) is 10.8 Å². The van der Waals surface area contributed by atoms with Crippen LogP contribution in [0.3, 0.4) is 0 Å². The fourth-order valence-corrected chi connectivity index (χ4v) is 4.64. The molecule has 0 spiro atoms. The van der Waals surface area contributed by atoms with E-state index in [0.717, 1.165) is 25.8 Å². The lowest BCUT2D eigenvalue weighted by molar-refractivity contribution is -0.135. The lowest BCUT2D eigenvalue weighted by atomic mass is 9.65. The number of esters is 1. The molecule has 2 atom stereocenters. The van der Waals surface area contributed by atoms with Gasteiger partial charge >= 0.3 is 5.97 Å². The Bertz CT molecular complexity index is 652. The molecule has 2 fully saturated rings. The third-order valence-electron chi connectivity index (χ3n) is 5.16. The van der Waals surface area contributed by atoms with E-state index in [4.69, 9.17) is 4.74 Å². The molecule has 1 saturated carbocycles. The Hall–Kier alpha value is -2.04. The number of phenols is 1. The summed E-state index contributed by atoms with van der Waals surface area (Å²) in [4.78, 5) is 26.4. The van der Waals surface area contributed by atoms with Crippen LogP contribution in [0.5, 0.6) is 5.75 Å². The minimum Gasteiger partial charge on any atom is -0.508 e. The smallest absolute Gasteiger partial charge is 0.338 e. The SMILES string of the molecule is CC1(C)C[C@@H]2C[C@](C)(CN2C(=O)COC(=O)c2ccc(O)cc2)C1. The van der Waals surface area contributed by atoms with Crippen molar-refractivity contribution in [1.82, 2.24) is 4.90 Å². The molecular formula is C19H25NO4. The number of ether oxygens (including phenoxy) is 1. The molecule has 1 aromatic carbocycles. The molecule has 1 aliphatic heterocycles. The summed E-state index contributed by atoms with van der Waals surface area (Å²) in [5.41, 5.74) is 0.743. The first-order valence-corrected chi connectivity index (χ1v) is 8.43. The van der Waals surface area contributed by atoms with E-state index in [-0.39, 0.29) is 35.1 Å². The van der Waals surface area contributed by atoms with Crippen LogP contribution in [0.1, 0.15) is 50.4 Å². The second-order valence-corrected chi connectivity index (χ2v) is 8.36.